The number of rotatable bonds is 5. The van der Waals surface area contributed by atoms with Crippen molar-refractivity contribution < 1.29 is 0 Å². The molecule has 1 fully saturated rings. The minimum Gasteiger partial charge on any atom is -0.338 e. The molecule has 3 heteroatoms. The highest BCUT2D eigenvalue weighted by molar-refractivity contribution is 5.94. The lowest BCUT2D eigenvalue weighted by atomic mass is 9.86. The van der Waals surface area contributed by atoms with Crippen molar-refractivity contribution in [2.24, 2.45) is 10.9 Å². The van der Waals surface area contributed by atoms with Crippen molar-refractivity contribution in [2.45, 2.75) is 57.9 Å². The van der Waals surface area contributed by atoms with Gasteiger partial charge in [-0.3, -0.25) is 4.99 Å². The molecule has 1 aliphatic carbocycles. The predicted molar refractivity (Wildman–Crippen MR) is 94.3 cm³/mol. The number of nitrogens with one attached hydrogen (secondary N) is 1. The highest BCUT2D eigenvalue weighted by atomic mass is 15.4. The number of nitrogens with zero attached hydrogens (tertiary/aromatic N) is 2. The number of hydrogen-bond donors (Lipinski definition) is 1. The standard InChI is InChI=1S/C19H29N3/c1-16-15-20-19(21-18-12-6-3-7-13-18)22(16)14-8-11-17-9-4-2-5-10-17/h3,6-7,12-13,16-17H,2,4-5,8-11,14-15H2,1H3,(H,20,21). The lowest BCUT2D eigenvalue weighted by Crippen LogP contribution is -2.39. The molecule has 120 valence electrons. The summed E-state index contributed by atoms with van der Waals surface area (Å²) in [4.78, 5) is 7.14. The molecule has 0 amide bonds. The average Bonchev–Trinajstić information content (AvgIpc) is 2.90. The molecule has 0 saturated heterocycles. The van der Waals surface area contributed by atoms with Crippen LogP contribution < -0.4 is 5.32 Å². The molecule has 0 radical (unpaired) electrons. The van der Waals surface area contributed by atoms with Crippen molar-refractivity contribution in [3.8, 4) is 0 Å². The summed E-state index contributed by atoms with van der Waals surface area (Å²) in [6.45, 7) is 4.33. The summed E-state index contributed by atoms with van der Waals surface area (Å²) in [6, 6.07) is 10.9. The second kappa shape index (κ2) is 7.66. The Hall–Kier alpha value is -1.51. The van der Waals surface area contributed by atoms with E-state index in [-0.39, 0.29) is 0 Å². The van der Waals surface area contributed by atoms with Crippen LogP contribution in [-0.4, -0.2) is 30.0 Å². The van der Waals surface area contributed by atoms with E-state index in [2.05, 4.69) is 41.4 Å². The Morgan fingerprint density at radius 3 is 2.68 bits per heavy atom. The molecule has 3 nitrogen and oxygen atoms in total. The second-order valence-electron chi connectivity index (χ2n) is 6.84. The van der Waals surface area contributed by atoms with Gasteiger partial charge in [0, 0.05) is 18.3 Å². The molecule has 1 aliphatic heterocycles. The second-order valence-corrected chi connectivity index (χ2v) is 6.84. The lowest BCUT2D eigenvalue weighted by molar-refractivity contribution is 0.298. The van der Waals surface area contributed by atoms with Gasteiger partial charge in [0.2, 0.25) is 0 Å². The predicted octanol–water partition coefficient (Wildman–Crippen LogP) is 4.52. The van der Waals surface area contributed by atoms with E-state index in [4.69, 9.17) is 4.99 Å². The highest BCUT2D eigenvalue weighted by Crippen LogP contribution is 2.27. The lowest BCUT2D eigenvalue weighted by Gasteiger charge is -2.27. The maximum atomic E-state index is 4.69. The molecule has 1 aromatic rings. The van der Waals surface area contributed by atoms with E-state index in [1.54, 1.807) is 0 Å². The van der Waals surface area contributed by atoms with Crippen molar-refractivity contribution in [3.05, 3.63) is 30.3 Å². The fraction of sp³-hybridized carbons (Fsp3) is 0.632. The molecule has 1 heterocycles. The number of hydrogen-bond acceptors (Lipinski definition) is 3. The summed E-state index contributed by atoms with van der Waals surface area (Å²) in [5.74, 6) is 2.04. The summed E-state index contributed by atoms with van der Waals surface area (Å²) in [6.07, 6.45) is 9.96. The van der Waals surface area contributed by atoms with Crippen molar-refractivity contribution >= 4 is 11.6 Å². The van der Waals surface area contributed by atoms with E-state index in [0.717, 1.165) is 30.7 Å². The molecule has 1 N–H and O–H groups in total. The Kier molecular flexibility index (Phi) is 5.36. The van der Waals surface area contributed by atoms with Crippen LogP contribution in [0.2, 0.25) is 0 Å². The normalized spacial score (nSPS) is 22.7. The van der Waals surface area contributed by atoms with E-state index >= 15 is 0 Å². The van der Waals surface area contributed by atoms with Crippen LogP contribution in [0, 0.1) is 5.92 Å². The molecule has 1 saturated carbocycles. The number of aliphatic imine (C=N–C) groups is 1. The molecule has 1 atom stereocenters. The van der Waals surface area contributed by atoms with E-state index < -0.39 is 0 Å². The SMILES string of the molecule is CC1CN=C(Nc2ccccc2)N1CCCC1CCCCC1. The molecule has 3 rings (SSSR count). The number of guanidine groups is 1. The van der Waals surface area contributed by atoms with Crippen molar-refractivity contribution in [1.82, 2.24) is 4.90 Å². The molecule has 2 aliphatic rings. The van der Waals surface area contributed by atoms with Gasteiger partial charge >= 0.3 is 0 Å². The van der Waals surface area contributed by atoms with Gasteiger partial charge in [-0.1, -0.05) is 50.3 Å². The molecule has 1 unspecified atom stereocenters. The summed E-state index contributed by atoms with van der Waals surface area (Å²) in [5, 5.41) is 3.49. The van der Waals surface area contributed by atoms with Crippen LogP contribution in [0.3, 0.4) is 0 Å². The molecule has 0 aromatic heterocycles. The third-order valence-corrected chi connectivity index (χ3v) is 5.08. The molecule has 0 bridgehead atoms. The zero-order valence-electron chi connectivity index (χ0n) is 13.8. The van der Waals surface area contributed by atoms with Gasteiger partial charge in [0.05, 0.1) is 6.54 Å². The Bertz CT molecular complexity index is 477. The zero-order valence-corrected chi connectivity index (χ0v) is 13.8. The number of para-hydroxylation sites is 1. The Balaban J connectivity index is 1.49. The maximum absolute atomic E-state index is 4.69. The molecule has 0 spiro atoms. The first-order chi connectivity index (χ1) is 10.8. The third-order valence-electron chi connectivity index (χ3n) is 5.08. The van der Waals surface area contributed by atoms with Crippen molar-refractivity contribution in [2.75, 3.05) is 18.4 Å². The van der Waals surface area contributed by atoms with Crippen LogP contribution >= 0.6 is 0 Å². The third kappa shape index (κ3) is 4.02. The average molecular weight is 299 g/mol. The van der Waals surface area contributed by atoms with E-state index in [1.165, 1.54) is 44.9 Å². The van der Waals surface area contributed by atoms with E-state index in [0.29, 0.717) is 6.04 Å². The van der Waals surface area contributed by atoms with Gasteiger partial charge in [0.15, 0.2) is 5.96 Å². The fourth-order valence-corrected chi connectivity index (χ4v) is 3.73. The van der Waals surface area contributed by atoms with Crippen LogP contribution in [0.5, 0.6) is 0 Å². The van der Waals surface area contributed by atoms with Crippen molar-refractivity contribution in [1.29, 1.82) is 0 Å². The van der Waals surface area contributed by atoms with E-state index in [1.807, 2.05) is 6.07 Å². The van der Waals surface area contributed by atoms with Gasteiger partial charge in [0.1, 0.15) is 0 Å². The minimum atomic E-state index is 0.526. The monoisotopic (exact) mass is 299 g/mol. The van der Waals surface area contributed by atoms with Crippen LogP contribution in [0.1, 0.15) is 51.9 Å². The molecule has 1 aromatic carbocycles. The van der Waals surface area contributed by atoms with Gasteiger partial charge in [-0.2, -0.15) is 0 Å². The first-order valence-corrected chi connectivity index (χ1v) is 8.96. The number of anilines is 1. The quantitative estimate of drug-likeness (QED) is 0.865. The Labute approximate surface area is 134 Å². The van der Waals surface area contributed by atoms with E-state index in [9.17, 15) is 0 Å². The summed E-state index contributed by atoms with van der Waals surface area (Å²) >= 11 is 0. The van der Waals surface area contributed by atoms with Gasteiger partial charge in [-0.05, 0) is 37.8 Å². The minimum absolute atomic E-state index is 0.526. The molecular weight excluding hydrogens is 270 g/mol. The van der Waals surface area contributed by atoms with Gasteiger partial charge < -0.3 is 10.2 Å². The molecule has 22 heavy (non-hydrogen) atoms. The van der Waals surface area contributed by atoms with Crippen molar-refractivity contribution in [3.63, 3.8) is 0 Å². The van der Waals surface area contributed by atoms with Crippen LogP contribution in [0.15, 0.2) is 35.3 Å². The van der Waals surface area contributed by atoms with Gasteiger partial charge in [-0.25, -0.2) is 0 Å². The van der Waals surface area contributed by atoms with Crippen LogP contribution in [0.25, 0.3) is 0 Å². The largest absolute Gasteiger partial charge is 0.338 e. The smallest absolute Gasteiger partial charge is 0.198 e. The highest BCUT2D eigenvalue weighted by Gasteiger charge is 2.24. The Morgan fingerprint density at radius 1 is 1.14 bits per heavy atom. The number of benzene rings is 1. The first kappa shape index (κ1) is 15.4. The molecular formula is C19H29N3. The van der Waals surface area contributed by atoms with Gasteiger partial charge in [0.25, 0.3) is 0 Å². The Morgan fingerprint density at radius 2 is 1.91 bits per heavy atom. The first-order valence-electron chi connectivity index (χ1n) is 8.96. The fourth-order valence-electron chi connectivity index (χ4n) is 3.73. The summed E-state index contributed by atoms with van der Waals surface area (Å²) in [7, 11) is 0. The van der Waals surface area contributed by atoms with Crippen LogP contribution in [0.4, 0.5) is 5.69 Å². The zero-order chi connectivity index (χ0) is 15.2. The topological polar surface area (TPSA) is 27.6 Å². The summed E-state index contributed by atoms with van der Waals surface area (Å²) in [5.41, 5.74) is 1.13. The maximum Gasteiger partial charge on any atom is 0.198 e. The summed E-state index contributed by atoms with van der Waals surface area (Å²) < 4.78 is 0. The van der Waals surface area contributed by atoms with Crippen LogP contribution in [-0.2, 0) is 0 Å². The van der Waals surface area contributed by atoms with Gasteiger partial charge in [-0.15, -0.1) is 0 Å².